The van der Waals surface area contributed by atoms with Crippen LogP contribution in [0.4, 0.5) is 0 Å². The van der Waals surface area contributed by atoms with Gasteiger partial charge in [0.2, 0.25) is 11.8 Å². The van der Waals surface area contributed by atoms with Crippen LogP contribution in [0.3, 0.4) is 0 Å². The van der Waals surface area contributed by atoms with E-state index in [9.17, 15) is 14.4 Å². The molecule has 0 bridgehead atoms. The van der Waals surface area contributed by atoms with Gasteiger partial charge in [-0.2, -0.15) is 0 Å². The number of nitrogens with one attached hydrogen (secondary N) is 1. The summed E-state index contributed by atoms with van der Waals surface area (Å²) >= 11 is 0. The lowest BCUT2D eigenvalue weighted by molar-refractivity contribution is -0.142. The maximum Gasteiger partial charge on any atom is 0.326 e. The van der Waals surface area contributed by atoms with Crippen molar-refractivity contribution < 1.29 is 19.5 Å². The lowest BCUT2D eigenvalue weighted by Gasteiger charge is -2.19. The normalized spacial score (nSPS) is 19.2. The van der Waals surface area contributed by atoms with Gasteiger partial charge in [-0.25, -0.2) is 4.79 Å². The third-order valence-corrected chi connectivity index (χ3v) is 4.08. The summed E-state index contributed by atoms with van der Waals surface area (Å²) in [5.41, 5.74) is 0. The summed E-state index contributed by atoms with van der Waals surface area (Å²) < 4.78 is 0. The molecule has 0 aliphatic carbocycles. The van der Waals surface area contributed by atoms with Gasteiger partial charge in [-0.15, -0.1) is 0 Å². The smallest absolute Gasteiger partial charge is 0.326 e. The number of carboxylic acid groups (broad SMARTS) is 1. The Bertz CT molecular complexity index is 426. The quantitative estimate of drug-likeness (QED) is 0.611. The molecule has 1 aliphatic heterocycles. The van der Waals surface area contributed by atoms with Gasteiger partial charge in [0.25, 0.3) is 0 Å². The average Bonchev–Trinajstić information content (AvgIpc) is 2.84. The molecule has 0 radical (unpaired) electrons. The topological polar surface area (TPSA) is 90.0 Å². The van der Waals surface area contributed by atoms with Crippen molar-refractivity contribution in [3.05, 3.63) is 0 Å². The lowest BCUT2D eigenvalue weighted by Crippen LogP contribution is -2.44. The van der Waals surface area contributed by atoms with Gasteiger partial charge in [-0.05, 0) is 33.5 Å². The van der Waals surface area contributed by atoms with Crippen LogP contribution in [0.1, 0.15) is 39.0 Å². The number of hydrogen-bond acceptors (Lipinski definition) is 4. The summed E-state index contributed by atoms with van der Waals surface area (Å²) in [5, 5.41) is 11.7. The Hall–Kier alpha value is -1.63. The Labute approximate surface area is 138 Å². The molecule has 0 spiro atoms. The van der Waals surface area contributed by atoms with Crippen LogP contribution < -0.4 is 5.32 Å². The predicted molar refractivity (Wildman–Crippen MR) is 86.9 cm³/mol. The molecule has 7 heteroatoms. The number of amides is 2. The molecule has 2 unspecified atom stereocenters. The Morgan fingerprint density at radius 2 is 2.09 bits per heavy atom. The number of likely N-dealkylation sites (tertiary alicyclic amines) is 1. The minimum atomic E-state index is -1.01. The van der Waals surface area contributed by atoms with Crippen LogP contribution in [0.5, 0.6) is 0 Å². The fourth-order valence-corrected chi connectivity index (χ4v) is 2.70. The van der Waals surface area contributed by atoms with Crippen molar-refractivity contribution in [1.82, 2.24) is 15.1 Å². The first-order valence-corrected chi connectivity index (χ1v) is 8.30. The molecule has 132 valence electrons. The van der Waals surface area contributed by atoms with Crippen molar-refractivity contribution in [2.24, 2.45) is 5.92 Å². The first-order valence-electron chi connectivity index (χ1n) is 8.30. The minimum absolute atomic E-state index is 0.0238. The third-order valence-electron chi connectivity index (χ3n) is 4.08. The maximum absolute atomic E-state index is 12.2. The van der Waals surface area contributed by atoms with E-state index in [4.69, 9.17) is 5.11 Å². The maximum atomic E-state index is 12.2. The fourth-order valence-electron chi connectivity index (χ4n) is 2.70. The van der Waals surface area contributed by atoms with Crippen LogP contribution in [-0.2, 0) is 14.4 Å². The fraction of sp³-hybridized carbons (Fsp3) is 0.812. The van der Waals surface area contributed by atoms with Gasteiger partial charge in [-0.3, -0.25) is 9.59 Å². The SMILES string of the molecule is CCCCC(NC(=O)C1CC(=O)N(CCCN(C)C)C1)C(=O)O. The summed E-state index contributed by atoms with van der Waals surface area (Å²) in [7, 11) is 3.95. The van der Waals surface area contributed by atoms with Gasteiger partial charge in [0, 0.05) is 19.5 Å². The Balaban J connectivity index is 2.47. The molecule has 2 amide bonds. The van der Waals surface area contributed by atoms with Crippen molar-refractivity contribution in [3.63, 3.8) is 0 Å². The molecule has 0 aromatic rings. The van der Waals surface area contributed by atoms with Crippen molar-refractivity contribution >= 4 is 17.8 Å². The molecular weight excluding hydrogens is 298 g/mol. The molecule has 23 heavy (non-hydrogen) atoms. The highest BCUT2D eigenvalue weighted by Crippen LogP contribution is 2.18. The number of carboxylic acids is 1. The van der Waals surface area contributed by atoms with Crippen molar-refractivity contribution in [3.8, 4) is 0 Å². The summed E-state index contributed by atoms with van der Waals surface area (Å²) in [5.74, 6) is -1.80. The number of carbonyl (C=O) groups excluding carboxylic acids is 2. The molecule has 1 fully saturated rings. The van der Waals surface area contributed by atoms with Crippen LogP contribution in [0.2, 0.25) is 0 Å². The van der Waals surface area contributed by atoms with E-state index in [2.05, 4.69) is 10.2 Å². The standard InChI is InChI=1S/C16H29N3O4/c1-4-5-7-13(16(22)23)17-15(21)12-10-14(20)19(11-12)9-6-8-18(2)3/h12-13H,4-11H2,1-3H3,(H,17,21)(H,22,23). The average molecular weight is 327 g/mol. The molecule has 2 N–H and O–H groups in total. The van der Waals surface area contributed by atoms with E-state index in [1.165, 1.54) is 0 Å². The van der Waals surface area contributed by atoms with Crippen LogP contribution in [0.15, 0.2) is 0 Å². The highest BCUT2D eigenvalue weighted by Gasteiger charge is 2.35. The van der Waals surface area contributed by atoms with Gasteiger partial charge in [0.1, 0.15) is 6.04 Å². The lowest BCUT2D eigenvalue weighted by atomic mass is 10.1. The van der Waals surface area contributed by atoms with Crippen LogP contribution in [0.25, 0.3) is 0 Å². The van der Waals surface area contributed by atoms with Crippen molar-refractivity contribution in [2.45, 2.75) is 45.1 Å². The summed E-state index contributed by atoms with van der Waals surface area (Å²) in [6.45, 7) is 3.89. The molecule has 7 nitrogen and oxygen atoms in total. The number of aliphatic carboxylic acids is 1. The molecule has 1 heterocycles. The second kappa shape index (κ2) is 9.50. The summed E-state index contributed by atoms with van der Waals surface area (Å²) in [6, 6.07) is -0.861. The number of hydrogen-bond donors (Lipinski definition) is 2. The number of rotatable bonds is 10. The molecule has 1 rings (SSSR count). The highest BCUT2D eigenvalue weighted by molar-refractivity contribution is 5.91. The van der Waals surface area contributed by atoms with E-state index in [-0.39, 0.29) is 18.2 Å². The monoisotopic (exact) mass is 327 g/mol. The molecule has 0 aromatic carbocycles. The van der Waals surface area contributed by atoms with Crippen LogP contribution in [-0.4, -0.2) is 72.5 Å². The van der Waals surface area contributed by atoms with E-state index in [0.717, 1.165) is 25.8 Å². The predicted octanol–water partition coefficient (Wildman–Crippen LogP) is 0.546. The molecule has 2 atom stereocenters. The largest absolute Gasteiger partial charge is 0.480 e. The minimum Gasteiger partial charge on any atom is -0.480 e. The van der Waals surface area contributed by atoms with E-state index in [1.54, 1.807) is 4.90 Å². The van der Waals surface area contributed by atoms with E-state index >= 15 is 0 Å². The zero-order chi connectivity index (χ0) is 17.4. The van der Waals surface area contributed by atoms with Crippen LogP contribution in [0, 0.1) is 5.92 Å². The number of unbranched alkanes of at least 4 members (excludes halogenated alkanes) is 1. The Morgan fingerprint density at radius 1 is 1.39 bits per heavy atom. The van der Waals surface area contributed by atoms with Gasteiger partial charge < -0.3 is 20.2 Å². The van der Waals surface area contributed by atoms with Crippen molar-refractivity contribution in [1.29, 1.82) is 0 Å². The zero-order valence-electron chi connectivity index (χ0n) is 14.4. The van der Waals surface area contributed by atoms with E-state index in [0.29, 0.717) is 19.5 Å². The Kier molecular flexibility index (Phi) is 8.02. The molecule has 1 aliphatic rings. The second-order valence-corrected chi connectivity index (χ2v) is 6.44. The summed E-state index contributed by atoms with van der Waals surface area (Å²) in [4.78, 5) is 39.2. The molecule has 1 saturated heterocycles. The molecule has 0 saturated carbocycles. The van der Waals surface area contributed by atoms with Gasteiger partial charge in [0.15, 0.2) is 0 Å². The van der Waals surface area contributed by atoms with Gasteiger partial charge in [0.05, 0.1) is 5.92 Å². The number of nitrogens with zero attached hydrogens (tertiary/aromatic N) is 2. The Morgan fingerprint density at radius 3 is 2.65 bits per heavy atom. The van der Waals surface area contributed by atoms with E-state index < -0.39 is 17.9 Å². The van der Waals surface area contributed by atoms with E-state index in [1.807, 2.05) is 21.0 Å². The summed E-state index contributed by atoms with van der Waals surface area (Å²) in [6.07, 6.45) is 3.08. The first-order chi connectivity index (χ1) is 10.8. The highest BCUT2D eigenvalue weighted by atomic mass is 16.4. The van der Waals surface area contributed by atoms with Gasteiger partial charge >= 0.3 is 5.97 Å². The second-order valence-electron chi connectivity index (χ2n) is 6.44. The van der Waals surface area contributed by atoms with Crippen LogP contribution >= 0.6 is 0 Å². The third kappa shape index (κ3) is 6.56. The van der Waals surface area contributed by atoms with Gasteiger partial charge in [-0.1, -0.05) is 19.8 Å². The first kappa shape index (κ1) is 19.4. The van der Waals surface area contributed by atoms with Crippen molar-refractivity contribution in [2.75, 3.05) is 33.7 Å². The molecular formula is C16H29N3O4. The number of carbonyl (C=O) groups is 3. The zero-order valence-corrected chi connectivity index (χ0v) is 14.4. The molecule has 0 aromatic heterocycles.